The summed E-state index contributed by atoms with van der Waals surface area (Å²) in [5.41, 5.74) is 0.478. The van der Waals surface area contributed by atoms with Crippen molar-refractivity contribution in [1.82, 2.24) is 0 Å². The summed E-state index contributed by atoms with van der Waals surface area (Å²) in [5, 5.41) is 9.40. The van der Waals surface area contributed by atoms with Crippen molar-refractivity contribution in [3.05, 3.63) is 23.8 Å². The van der Waals surface area contributed by atoms with E-state index in [0.29, 0.717) is 11.3 Å². The van der Waals surface area contributed by atoms with Gasteiger partial charge in [-0.15, -0.1) is 0 Å². The molecule has 1 saturated heterocycles. The van der Waals surface area contributed by atoms with Gasteiger partial charge in [-0.25, -0.2) is 4.79 Å². The first-order chi connectivity index (χ1) is 15.6. The highest BCUT2D eigenvalue weighted by atomic mass is 16.7. The molecule has 182 valence electrons. The van der Waals surface area contributed by atoms with Crippen LogP contribution in [-0.2, 0) is 49.5 Å². The first kappa shape index (κ1) is 25.9. The molecular weight excluding hydrogens is 444 g/mol. The molecule has 12 heteroatoms. The van der Waals surface area contributed by atoms with Crippen LogP contribution in [0.15, 0.2) is 18.2 Å². The second kappa shape index (κ2) is 11.5. The second-order valence-electron chi connectivity index (χ2n) is 6.92. The molecule has 1 fully saturated rings. The van der Waals surface area contributed by atoms with Crippen LogP contribution in [0.1, 0.15) is 26.3 Å². The molecule has 1 N–H and O–H groups in total. The van der Waals surface area contributed by atoms with Crippen molar-refractivity contribution in [3.8, 4) is 11.5 Å². The molecule has 1 heterocycles. The topological polar surface area (TPSA) is 153 Å². The van der Waals surface area contributed by atoms with Gasteiger partial charge >= 0.3 is 23.9 Å². The number of hydrogen-bond acceptors (Lipinski definition) is 12. The molecule has 1 aromatic carbocycles. The van der Waals surface area contributed by atoms with E-state index in [1.807, 2.05) is 0 Å². The Kier molecular flexibility index (Phi) is 9.00. The molecule has 5 atom stereocenters. The lowest BCUT2D eigenvalue weighted by atomic mass is 9.97. The van der Waals surface area contributed by atoms with Crippen LogP contribution in [0.5, 0.6) is 11.5 Å². The molecule has 1 aliphatic heterocycles. The second-order valence-corrected chi connectivity index (χ2v) is 6.92. The number of ether oxygens (including phenoxy) is 7. The van der Waals surface area contributed by atoms with Crippen molar-refractivity contribution in [2.75, 3.05) is 14.2 Å². The maximum Gasteiger partial charge on any atom is 0.339 e. The molecule has 0 spiro atoms. The number of aliphatic hydroxyl groups excluding tert-OH is 1. The number of methoxy groups -OCH3 is 2. The van der Waals surface area contributed by atoms with E-state index in [0.717, 1.165) is 27.9 Å². The zero-order valence-corrected chi connectivity index (χ0v) is 18.8. The van der Waals surface area contributed by atoms with Gasteiger partial charge in [0.2, 0.25) is 12.4 Å². The molecular formula is C21H26O12. The third-order valence-electron chi connectivity index (χ3n) is 4.52. The van der Waals surface area contributed by atoms with Crippen LogP contribution in [0, 0.1) is 0 Å². The van der Waals surface area contributed by atoms with E-state index in [9.17, 15) is 24.3 Å². The first-order valence-corrected chi connectivity index (χ1v) is 9.80. The van der Waals surface area contributed by atoms with Crippen LogP contribution >= 0.6 is 0 Å². The van der Waals surface area contributed by atoms with E-state index >= 15 is 0 Å². The molecule has 0 aliphatic carbocycles. The Bertz CT molecular complexity index is 882. The molecule has 33 heavy (non-hydrogen) atoms. The van der Waals surface area contributed by atoms with E-state index in [2.05, 4.69) is 0 Å². The minimum atomic E-state index is -1.57. The number of hydrogen-bond donors (Lipinski definition) is 1. The van der Waals surface area contributed by atoms with Crippen molar-refractivity contribution < 1.29 is 57.4 Å². The predicted molar refractivity (Wildman–Crippen MR) is 107 cm³/mol. The van der Waals surface area contributed by atoms with Gasteiger partial charge < -0.3 is 38.3 Å². The van der Waals surface area contributed by atoms with Gasteiger partial charge in [0.1, 0.15) is 11.5 Å². The van der Waals surface area contributed by atoms with Crippen LogP contribution in [0.3, 0.4) is 0 Å². The summed E-state index contributed by atoms with van der Waals surface area (Å²) in [5.74, 6) is -2.87. The van der Waals surface area contributed by atoms with E-state index in [-0.39, 0.29) is 12.4 Å². The van der Waals surface area contributed by atoms with Gasteiger partial charge in [-0.05, 0) is 12.1 Å². The van der Waals surface area contributed by atoms with Gasteiger partial charge in [0.25, 0.3) is 0 Å². The molecule has 0 unspecified atom stereocenters. The summed E-state index contributed by atoms with van der Waals surface area (Å²) in [4.78, 5) is 47.7. The number of carbonyl (C=O) groups excluding carboxylic acids is 4. The van der Waals surface area contributed by atoms with E-state index in [1.54, 1.807) is 0 Å². The smallest absolute Gasteiger partial charge is 0.339 e. The van der Waals surface area contributed by atoms with Gasteiger partial charge in [0.05, 0.1) is 20.8 Å². The maximum atomic E-state index is 12.4. The largest absolute Gasteiger partial charge is 0.496 e. The van der Waals surface area contributed by atoms with E-state index < -0.39 is 54.6 Å². The highest BCUT2D eigenvalue weighted by Gasteiger charge is 2.55. The van der Waals surface area contributed by atoms with Gasteiger partial charge in [-0.2, -0.15) is 0 Å². The summed E-state index contributed by atoms with van der Waals surface area (Å²) < 4.78 is 37.1. The average Bonchev–Trinajstić information content (AvgIpc) is 2.75. The zero-order chi connectivity index (χ0) is 24.7. The lowest BCUT2D eigenvalue weighted by Gasteiger charge is -2.43. The molecule has 0 radical (unpaired) electrons. The number of benzene rings is 1. The average molecular weight is 470 g/mol. The molecule has 1 aromatic rings. The third kappa shape index (κ3) is 6.56. The van der Waals surface area contributed by atoms with Gasteiger partial charge in [-0.1, -0.05) is 0 Å². The quantitative estimate of drug-likeness (QED) is 0.409. The molecule has 0 saturated carbocycles. The Morgan fingerprint density at radius 3 is 2.00 bits per heavy atom. The Balaban J connectivity index is 2.51. The fourth-order valence-corrected chi connectivity index (χ4v) is 3.24. The van der Waals surface area contributed by atoms with Gasteiger partial charge in [0, 0.05) is 32.4 Å². The van der Waals surface area contributed by atoms with Crippen LogP contribution in [-0.4, -0.2) is 73.9 Å². The molecule has 2 rings (SSSR count). The fraction of sp³-hybridized carbons (Fsp3) is 0.524. The van der Waals surface area contributed by atoms with Crippen molar-refractivity contribution in [3.63, 3.8) is 0 Å². The zero-order valence-electron chi connectivity index (χ0n) is 18.8. The van der Waals surface area contributed by atoms with Gasteiger partial charge in [0.15, 0.2) is 18.3 Å². The van der Waals surface area contributed by atoms with Gasteiger partial charge in [-0.3, -0.25) is 14.4 Å². The van der Waals surface area contributed by atoms with Crippen LogP contribution in [0.2, 0.25) is 0 Å². The monoisotopic (exact) mass is 470 g/mol. The number of esters is 4. The highest BCUT2D eigenvalue weighted by Crippen LogP contribution is 2.33. The number of aliphatic hydroxyl groups is 1. The summed E-state index contributed by atoms with van der Waals surface area (Å²) >= 11 is 0. The lowest BCUT2D eigenvalue weighted by molar-refractivity contribution is -0.282. The summed E-state index contributed by atoms with van der Waals surface area (Å²) in [6, 6.07) is 4.45. The minimum absolute atomic E-state index is 0.155. The summed E-state index contributed by atoms with van der Waals surface area (Å²) in [7, 11) is 2.48. The van der Waals surface area contributed by atoms with Crippen LogP contribution in [0.25, 0.3) is 0 Å². The Morgan fingerprint density at radius 1 is 0.909 bits per heavy atom. The van der Waals surface area contributed by atoms with E-state index in [1.165, 1.54) is 25.3 Å². The molecule has 12 nitrogen and oxygen atoms in total. The number of rotatable bonds is 8. The normalized spacial score (nSPS) is 24.2. The summed E-state index contributed by atoms with van der Waals surface area (Å²) in [6.07, 6.45) is -7.44. The van der Waals surface area contributed by atoms with Crippen LogP contribution in [0.4, 0.5) is 0 Å². The lowest BCUT2D eigenvalue weighted by Crippen LogP contribution is -2.64. The highest BCUT2D eigenvalue weighted by molar-refractivity contribution is 5.77. The Labute approximate surface area is 189 Å². The first-order valence-electron chi connectivity index (χ1n) is 9.80. The standard InChI is InChI=1S/C21H26O12/c1-10(23)29-16-17(30-11(2)24)19(31-12(3)25)21(33-18(16)20(26)28-5)32-14-7-6-13(9-22)15(8-14)27-4/h6-8,16-19,21-22H,9H2,1-5H3/t16-,17-,18-,19+,21+/m0/s1. The predicted octanol–water partition coefficient (Wildman–Crippen LogP) is 0.259. The van der Waals surface area contributed by atoms with Crippen molar-refractivity contribution in [2.24, 2.45) is 0 Å². The van der Waals surface area contributed by atoms with E-state index in [4.69, 9.17) is 33.2 Å². The molecule has 1 aliphatic rings. The summed E-state index contributed by atoms with van der Waals surface area (Å²) in [6.45, 7) is 2.99. The fourth-order valence-electron chi connectivity index (χ4n) is 3.24. The molecule has 0 bridgehead atoms. The minimum Gasteiger partial charge on any atom is -0.496 e. The van der Waals surface area contributed by atoms with Crippen LogP contribution < -0.4 is 9.47 Å². The van der Waals surface area contributed by atoms with Crippen molar-refractivity contribution >= 4 is 23.9 Å². The maximum absolute atomic E-state index is 12.4. The Hall–Kier alpha value is -3.38. The van der Waals surface area contributed by atoms with Crippen molar-refractivity contribution in [2.45, 2.75) is 58.1 Å². The molecule has 0 amide bonds. The SMILES string of the molecule is COC(=O)[C@H]1O[C@@H](Oc2ccc(CO)c(OC)c2)[C@H](OC(C)=O)[C@@H](OC(C)=O)[C@@H]1OC(C)=O. The number of carbonyl (C=O) groups is 4. The molecule has 0 aromatic heterocycles. The third-order valence-corrected chi connectivity index (χ3v) is 4.52. The Morgan fingerprint density at radius 2 is 1.48 bits per heavy atom. The van der Waals surface area contributed by atoms with Crippen molar-refractivity contribution in [1.29, 1.82) is 0 Å².